The van der Waals surface area contributed by atoms with Crippen molar-refractivity contribution in [3.8, 4) is 0 Å². The molecule has 0 aromatic carbocycles. The number of carbonyl (C=O) groups is 2. The fourth-order valence-electron chi connectivity index (χ4n) is 8.08. The highest BCUT2D eigenvalue weighted by Gasteiger charge is 2.60. The number of fused-ring (bicyclic) bond motifs is 2. The number of aliphatic hydroxyl groups is 2. The monoisotopic (exact) mass is 641 g/mol. The second kappa shape index (κ2) is 14.0. The average molecular weight is 642 g/mol. The lowest BCUT2D eigenvalue weighted by Gasteiger charge is -2.51. The lowest BCUT2D eigenvalue weighted by Crippen LogP contribution is -2.58. The highest BCUT2D eigenvalue weighted by molar-refractivity contribution is 5.78. The number of ether oxygens (including phenoxy) is 4. The Labute approximate surface area is 274 Å². The van der Waals surface area contributed by atoms with Gasteiger partial charge in [0.25, 0.3) is 0 Å². The van der Waals surface area contributed by atoms with E-state index in [9.17, 15) is 19.8 Å². The molecule has 1 spiro atoms. The van der Waals surface area contributed by atoms with Gasteiger partial charge in [0.05, 0.1) is 24.9 Å². The summed E-state index contributed by atoms with van der Waals surface area (Å²) in [5.74, 6) is -1.85. The van der Waals surface area contributed by atoms with E-state index in [0.717, 1.165) is 18.4 Å². The van der Waals surface area contributed by atoms with Crippen molar-refractivity contribution in [1.82, 2.24) is 5.32 Å². The Balaban J connectivity index is 1.56. The van der Waals surface area contributed by atoms with Crippen LogP contribution in [0.1, 0.15) is 93.4 Å². The van der Waals surface area contributed by atoms with E-state index < -0.39 is 41.6 Å². The van der Waals surface area contributed by atoms with Crippen molar-refractivity contribution >= 4 is 11.9 Å². The molecule has 5 aliphatic rings. The van der Waals surface area contributed by atoms with Crippen LogP contribution in [0.5, 0.6) is 0 Å². The van der Waals surface area contributed by atoms with Gasteiger partial charge in [0.2, 0.25) is 5.91 Å². The molecular weight excluding hydrogens is 586 g/mol. The summed E-state index contributed by atoms with van der Waals surface area (Å²) >= 11 is 0. The van der Waals surface area contributed by atoms with Crippen LogP contribution in [0.25, 0.3) is 0 Å². The first-order chi connectivity index (χ1) is 21.8. The molecule has 1 aliphatic carbocycles. The molecule has 4 aliphatic heterocycles. The first kappa shape index (κ1) is 35.0. The molecule has 0 aromatic rings. The van der Waals surface area contributed by atoms with Crippen LogP contribution in [0, 0.1) is 23.7 Å². The van der Waals surface area contributed by atoms with Gasteiger partial charge in [0.1, 0.15) is 29.8 Å². The third kappa shape index (κ3) is 6.81. The molecule has 256 valence electrons. The van der Waals surface area contributed by atoms with Crippen LogP contribution in [0.2, 0.25) is 0 Å². The third-order valence-corrected chi connectivity index (χ3v) is 11.2. The largest absolute Gasteiger partial charge is 0.462 e. The van der Waals surface area contributed by atoms with Gasteiger partial charge < -0.3 is 34.5 Å². The van der Waals surface area contributed by atoms with Crippen LogP contribution in [0.15, 0.2) is 47.1 Å². The van der Waals surface area contributed by atoms with E-state index in [2.05, 4.69) is 32.2 Å². The summed E-state index contributed by atoms with van der Waals surface area (Å²) in [6.45, 7) is 14.4. The lowest BCUT2D eigenvalue weighted by atomic mass is 9.71. The van der Waals surface area contributed by atoms with E-state index in [1.165, 1.54) is 0 Å². The Kier molecular flexibility index (Phi) is 10.7. The maximum Gasteiger partial charge on any atom is 0.316 e. The van der Waals surface area contributed by atoms with Crippen molar-refractivity contribution in [2.75, 3.05) is 6.61 Å². The van der Waals surface area contributed by atoms with E-state index in [-0.39, 0.29) is 36.7 Å². The molecule has 0 aromatic heterocycles. The van der Waals surface area contributed by atoms with Crippen molar-refractivity contribution in [2.45, 2.75) is 141 Å². The molecule has 0 saturated carbocycles. The van der Waals surface area contributed by atoms with E-state index in [1.807, 2.05) is 32.9 Å². The summed E-state index contributed by atoms with van der Waals surface area (Å²) in [5, 5.41) is 26.4. The summed E-state index contributed by atoms with van der Waals surface area (Å²) in [5.41, 5.74) is 0.313. The van der Waals surface area contributed by atoms with Crippen molar-refractivity contribution in [3.63, 3.8) is 0 Å². The molecule has 3 N–H and O–H groups in total. The normalized spacial score (nSPS) is 45.3. The number of hydrogen-bond acceptors (Lipinski definition) is 8. The predicted molar refractivity (Wildman–Crippen MR) is 174 cm³/mol. The quantitative estimate of drug-likeness (QED) is 0.288. The first-order valence-corrected chi connectivity index (χ1v) is 17.4. The van der Waals surface area contributed by atoms with Gasteiger partial charge in [-0.15, -0.1) is 0 Å². The molecule has 2 bridgehead atoms. The third-order valence-electron chi connectivity index (χ3n) is 11.2. The van der Waals surface area contributed by atoms with Crippen molar-refractivity contribution in [2.24, 2.45) is 23.7 Å². The average Bonchev–Trinajstić information content (AvgIpc) is 3.37. The Morgan fingerprint density at radius 2 is 1.91 bits per heavy atom. The SMILES string of the molecule is CCC(=O)N[C@H]1/C(C)=C/C[C@@H]2C[C@@H](C[C@]3(CC[C@H](C)[C@@H]([C@@H](C)CC)O3)O2)OC(=O)[C@@H]2C=C(C)[C@@H](O)[C@H]3OC/C(=C\C=C\[C@@H]1C)[C@]32O. The topological polar surface area (TPSA) is 124 Å². The Morgan fingerprint density at radius 3 is 2.63 bits per heavy atom. The van der Waals surface area contributed by atoms with Crippen LogP contribution in [-0.2, 0) is 28.5 Å². The second-order valence-corrected chi connectivity index (χ2v) is 14.5. The van der Waals surface area contributed by atoms with Crippen LogP contribution in [0.3, 0.4) is 0 Å². The number of aliphatic hydroxyl groups excluding tert-OH is 1. The van der Waals surface area contributed by atoms with E-state index >= 15 is 0 Å². The zero-order valence-corrected chi connectivity index (χ0v) is 28.7. The maximum atomic E-state index is 14.1. The summed E-state index contributed by atoms with van der Waals surface area (Å²) < 4.78 is 26.0. The standard InChI is InChI=1S/C37H55NO8/c1-8-21(3)33-24(6)15-16-36(46-33)19-28-18-27(45-36)14-13-23(5)31(38-30(39)9-2)22(4)11-10-12-26-20-43-34-32(40)25(7)17-29(35(41)44-28)37(26,34)42/h10-13,17,21-22,24,27-29,31-34,40,42H,8-9,14-16,18-20H2,1-7H3,(H,38,39)/b11-10+,23-13+,26-12+/t21-,22-,24-,27+,28-,29-,31+,32+,33+,34+,36+,37+/m0/s1. The number of carbonyl (C=O) groups excluding carboxylic acids is 2. The zero-order valence-electron chi connectivity index (χ0n) is 28.7. The van der Waals surface area contributed by atoms with Gasteiger partial charge in [0, 0.05) is 25.7 Å². The highest BCUT2D eigenvalue weighted by Crippen LogP contribution is 2.48. The maximum absolute atomic E-state index is 14.1. The summed E-state index contributed by atoms with van der Waals surface area (Å²) in [6.07, 6.45) is 11.0. The molecule has 12 atom stereocenters. The number of allylic oxidation sites excluding steroid dienone is 2. The van der Waals surface area contributed by atoms with Crippen LogP contribution >= 0.6 is 0 Å². The molecule has 9 heteroatoms. The van der Waals surface area contributed by atoms with Gasteiger partial charge in [-0.1, -0.05) is 77.0 Å². The molecule has 5 rings (SSSR count). The Bertz CT molecular complexity index is 1270. The van der Waals surface area contributed by atoms with Crippen LogP contribution < -0.4 is 5.32 Å². The molecule has 9 nitrogen and oxygen atoms in total. The van der Waals surface area contributed by atoms with Gasteiger partial charge in [-0.05, 0) is 55.6 Å². The van der Waals surface area contributed by atoms with Gasteiger partial charge in [-0.25, -0.2) is 0 Å². The van der Waals surface area contributed by atoms with Crippen molar-refractivity contribution in [3.05, 3.63) is 47.1 Å². The molecule has 3 saturated heterocycles. The molecule has 0 radical (unpaired) electrons. The minimum Gasteiger partial charge on any atom is -0.462 e. The van der Waals surface area contributed by atoms with Crippen LogP contribution in [0.4, 0.5) is 0 Å². The molecule has 4 heterocycles. The fraction of sp³-hybridized carbons (Fsp3) is 0.730. The molecule has 0 unspecified atom stereocenters. The molecule has 3 fully saturated rings. The van der Waals surface area contributed by atoms with Gasteiger partial charge in [-0.3, -0.25) is 9.59 Å². The van der Waals surface area contributed by atoms with Gasteiger partial charge in [0.15, 0.2) is 5.79 Å². The smallest absolute Gasteiger partial charge is 0.316 e. The number of hydrogen-bond donors (Lipinski definition) is 3. The van der Waals surface area contributed by atoms with E-state index in [0.29, 0.717) is 55.1 Å². The summed E-state index contributed by atoms with van der Waals surface area (Å²) in [4.78, 5) is 26.7. The summed E-state index contributed by atoms with van der Waals surface area (Å²) in [6, 6.07) is -0.242. The van der Waals surface area contributed by atoms with E-state index in [1.54, 1.807) is 19.1 Å². The molecular formula is C37H55NO8. The number of nitrogens with one attached hydrogen (secondary N) is 1. The van der Waals surface area contributed by atoms with Gasteiger partial charge in [-0.2, -0.15) is 0 Å². The molecule has 1 amide bonds. The van der Waals surface area contributed by atoms with Crippen molar-refractivity contribution < 1.29 is 38.7 Å². The second-order valence-electron chi connectivity index (χ2n) is 14.5. The number of esters is 1. The fourth-order valence-corrected chi connectivity index (χ4v) is 8.08. The lowest BCUT2D eigenvalue weighted by molar-refractivity contribution is -0.340. The summed E-state index contributed by atoms with van der Waals surface area (Å²) in [7, 11) is 0. The molecule has 46 heavy (non-hydrogen) atoms. The Morgan fingerprint density at radius 1 is 1.15 bits per heavy atom. The van der Waals surface area contributed by atoms with Crippen LogP contribution in [-0.4, -0.2) is 76.6 Å². The predicted octanol–water partition coefficient (Wildman–Crippen LogP) is 5.07. The minimum atomic E-state index is -1.77. The minimum absolute atomic E-state index is 0.0282. The van der Waals surface area contributed by atoms with E-state index in [4.69, 9.17) is 18.9 Å². The number of rotatable bonds is 4. The Hall–Kier alpha value is -2.30. The van der Waals surface area contributed by atoms with Gasteiger partial charge >= 0.3 is 5.97 Å². The highest BCUT2D eigenvalue weighted by atomic mass is 16.7. The van der Waals surface area contributed by atoms with Crippen molar-refractivity contribution in [1.29, 1.82) is 0 Å². The number of amides is 1. The first-order valence-electron chi connectivity index (χ1n) is 17.4. The zero-order chi connectivity index (χ0) is 33.4.